The van der Waals surface area contributed by atoms with Crippen molar-refractivity contribution in [3.63, 3.8) is 0 Å². The summed E-state index contributed by atoms with van der Waals surface area (Å²) in [5, 5.41) is 11.6. The number of hydrogen-bond acceptors (Lipinski definition) is 3. The highest BCUT2D eigenvalue weighted by Gasteiger charge is 2.48. The van der Waals surface area contributed by atoms with Crippen molar-refractivity contribution in [2.45, 2.75) is 50.2 Å². The SMILES string of the molecule is CN(C)C1CCN(C(=O)C(O)(c2ccccc2)C2CCCC2)CC1. The van der Waals surface area contributed by atoms with Gasteiger partial charge in [-0.2, -0.15) is 0 Å². The van der Waals surface area contributed by atoms with Crippen LogP contribution in [0, 0.1) is 5.92 Å². The Kier molecular flexibility index (Phi) is 5.26. The van der Waals surface area contributed by atoms with E-state index < -0.39 is 5.60 Å². The van der Waals surface area contributed by atoms with E-state index in [0.29, 0.717) is 6.04 Å². The van der Waals surface area contributed by atoms with Crippen molar-refractivity contribution in [3.05, 3.63) is 35.9 Å². The van der Waals surface area contributed by atoms with Crippen LogP contribution in [-0.2, 0) is 10.4 Å². The van der Waals surface area contributed by atoms with Crippen LogP contribution < -0.4 is 0 Å². The van der Waals surface area contributed by atoms with Crippen molar-refractivity contribution >= 4 is 5.91 Å². The average Bonchev–Trinajstić information content (AvgIpc) is 3.16. The fraction of sp³-hybridized carbons (Fsp3) is 0.650. The number of nitrogens with zero attached hydrogens (tertiary/aromatic N) is 2. The minimum Gasteiger partial charge on any atom is -0.375 e. The lowest BCUT2D eigenvalue weighted by Crippen LogP contribution is -2.54. The van der Waals surface area contributed by atoms with Crippen molar-refractivity contribution in [3.8, 4) is 0 Å². The highest BCUT2D eigenvalue weighted by Crippen LogP contribution is 2.42. The van der Waals surface area contributed by atoms with Gasteiger partial charge in [0.05, 0.1) is 0 Å². The highest BCUT2D eigenvalue weighted by atomic mass is 16.3. The molecule has 132 valence electrons. The maximum Gasteiger partial charge on any atom is 0.259 e. The number of piperidine rings is 1. The van der Waals surface area contributed by atoms with Gasteiger partial charge in [-0.05, 0) is 45.3 Å². The van der Waals surface area contributed by atoms with Crippen molar-refractivity contribution in [2.24, 2.45) is 5.92 Å². The molecule has 1 aromatic rings. The fourth-order valence-corrected chi connectivity index (χ4v) is 4.40. The smallest absolute Gasteiger partial charge is 0.259 e. The Morgan fingerprint density at radius 2 is 1.67 bits per heavy atom. The van der Waals surface area contributed by atoms with Crippen LogP contribution in [0.3, 0.4) is 0 Å². The van der Waals surface area contributed by atoms with Crippen LogP contribution in [0.15, 0.2) is 30.3 Å². The molecule has 2 fully saturated rings. The second-order valence-electron chi connectivity index (χ2n) is 7.60. The summed E-state index contributed by atoms with van der Waals surface area (Å²) in [7, 11) is 4.20. The van der Waals surface area contributed by atoms with E-state index in [1.165, 1.54) is 0 Å². The number of likely N-dealkylation sites (tertiary alicyclic amines) is 1. The maximum absolute atomic E-state index is 13.3. The van der Waals surface area contributed by atoms with E-state index in [1.807, 2.05) is 35.2 Å². The Balaban J connectivity index is 1.82. The van der Waals surface area contributed by atoms with Gasteiger partial charge in [-0.25, -0.2) is 0 Å². The van der Waals surface area contributed by atoms with Gasteiger partial charge in [0, 0.05) is 25.0 Å². The summed E-state index contributed by atoms with van der Waals surface area (Å²) in [4.78, 5) is 17.5. The van der Waals surface area contributed by atoms with E-state index in [4.69, 9.17) is 0 Å². The lowest BCUT2D eigenvalue weighted by Gasteiger charge is -2.41. The number of benzene rings is 1. The minimum absolute atomic E-state index is 0.0407. The monoisotopic (exact) mass is 330 g/mol. The number of aliphatic hydroxyl groups is 1. The van der Waals surface area contributed by atoms with E-state index in [1.54, 1.807) is 0 Å². The van der Waals surface area contributed by atoms with E-state index in [0.717, 1.165) is 57.2 Å². The van der Waals surface area contributed by atoms with Crippen LogP contribution in [-0.4, -0.2) is 54.0 Å². The van der Waals surface area contributed by atoms with E-state index in [9.17, 15) is 9.90 Å². The zero-order chi connectivity index (χ0) is 17.2. The summed E-state index contributed by atoms with van der Waals surface area (Å²) in [6.07, 6.45) is 6.05. The summed E-state index contributed by atoms with van der Waals surface area (Å²) >= 11 is 0. The number of rotatable bonds is 4. The molecule has 0 aromatic heterocycles. The molecule has 1 atom stereocenters. The van der Waals surface area contributed by atoms with Gasteiger partial charge in [-0.15, -0.1) is 0 Å². The summed E-state index contributed by atoms with van der Waals surface area (Å²) in [5.41, 5.74) is -0.598. The van der Waals surface area contributed by atoms with Crippen molar-refractivity contribution < 1.29 is 9.90 Å². The molecule has 1 aliphatic heterocycles. The van der Waals surface area contributed by atoms with Gasteiger partial charge >= 0.3 is 0 Å². The molecule has 1 heterocycles. The zero-order valence-corrected chi connectivity index (χ0v) is 14.9. The van der Waals surface area contributed by atoms with Crippen LogP contribution in [0.25, 0.3) is 0 Å². The van der Waals surface area contributed by atoms with Crippen molar-refractivity contribution in [2.75, 3.05) is 27.2 Å². The Labute approximate surface area is 145 Å². The molecule has 1 aliphatic carbocycles. The first-order chi connectivity index (χ1) is 11.5. The minimum atomic E-state index is -1.36. The van der Waals surface area contributed by atoms with E-state index in [-0.39, 0.29) is 11.8 Å². The Hall–Kier alpha value is -1.39. The molecule has 3 rings (SSSR count). The Bertz CT molecular complexity index is 546. The molecule has 0 spiro atoms. The van der Waals surface area contributed by atoms with E-state index >= 15 is 0 Å². The molecule has 2 aliphatic rings. The molecule has 1 saturated heterocycles. The molecule has 4 nitrogen and oxygen atoms in total. The second kappa shape index (κ2) is 7.24. The van der Waals surface area contributed by atoms with Gasteiger partial charge in [0.2, 0.25) is 0 Å². The predicted molar refractivity (Wildman–Crippen MR) is 95.6 cm³/mol. The number of carbonyl (C=O) groups is 1. The summed E-state index contributed by atoms with van der Waals surface area (Å²) in [6, 6.07) is 10.1. The maximum atomic E-state index is 13.3. The van der Waals surface area contributed by atoms with Gasteiger partial charge in [0.15, 0.2) is 5.60 Å². The quantitative estimate of drug-likeness (QED) is 0.923. The van der Waals surface area contributed by atoms with Crippen molar-refractivity contribution in [1.29, 1.82) is 0 Å². The third kappa shape index (κ3) is 3.22. The third-order valence-corrected chi connectivity index (χ3v) is 5.97. The third-order valence-electron chi connectivity index (χ3n) is 5.97. The normalized spacial score (nSPS) is 22.8. The number of hydrogen-bond donors (Lipinski definition) is 1. The first-order valence-corrected chi connectivity index (χ1v) is 9.27. The first kappa shape index (κ1) is 17.4. The topological polar surface area (TPSA) is 43.8 Å². The molecule has 1 saturated carbocycles. The fourth-order valence-electron chi connectivity index (χ4n) is 4.40. The summed E-state index contributed by atoms with van der Waals surface area (Å²) in [6.45, 7) is 1.48. The zero-order valence-electron chi connectivity index (χ0n) is 14.9. The largest absolute Gasteiger partial charge is 0.375 e. The Morgan fingerprint density at radius 1 is 1.08 bits per heavy atom. The van der Waals surface area contributed by atoms with Gasteiger partial charge in [0.1, 0.15) is 0 Å². The molecular formula is C20H30N2O2. The summed E-state index contributed by atoms with van der Waals surface area (Å²) in [5.74, 6) is -0.0446. The molecule has 1 aromatic carbocycles. The molecule has 4 heteroatoms. The van der Waals surface area contributed by atoms with Crippen LogP contribution in [0.2, 0.25) is 0 Å². The van der Waals surface area contributed by atoms with Crippen LogP contribution >= 0.6 is 0 Å². The second-order valence-corrected chi connectivity index (χ2v) is 7.60. The lowest BCUT2D eigenvalue weighted by atomic mass is 9.78. The van der Waals surface area contributed by atoms with Gasteiger partial charge in [-0.3, -0.25) is 4.79 Å². The number of carbonyl (C=O) groups excluding carboxylic acids is 1. The predicted octanol–water partition coefficient (Wildman–Crippen LogP) is 2.62. The van der Waals surface area contributed by atoms with Crippen LogP contribution in [0.4, 0.5) is 0 Å². The van der Waals surface area contributed by atoms with Gasteiger partial charge in [0.25, 0.3) is 5.91 Å². The van der Waals surface area contributed by atoms with Crippen molar-refractivity contribution in [1.82, 2.24) is 9.80 Å². The Morgan fingerprint density at radius 3 is 2.21 bits per heavy atom. The van der Waals surface area contributed by atoms with Crippen LogP contribution in [0.5, 0.6) is 0 Å². The van der Waals surface area contributed by atoms with Crippen LogP contribution in [0.1, 0.15) is 44.1 Å². The van der Waals surface area contributed by atoms with Gasteiger partial charge < -0.3 is 14.9 Å². The lowest BCUT2D eigenvalue weighted by molar-refractivity contribution is -0.160. The first-order valence-electron chi connectivity index (χ1n) is 9.27. The van der Waals surface area contributed by atoms with Gasteiger partial charge in [-0.1, -0.05) is 43.2 Å². The molecule has 0 radical (unpaired) electrons. The number of amides is 1. The molecule has 24 heavy (non-hydrogen) atoms. The molecule has 1 N–H and O–H groups in total. The molecular weight excluding hydrogens is 300 g/mol. The summed E-state index contributed by atoms with van der Waals surface area (Å²) < 4.78 is 0. The standard InChI is InChI=1S/C20H30N2O2/c1-21(2)18-12-14-22(15-13-18)19(23)20(24,17-10-6-7-11-17)16-8-4-3-5-9-16/h3-5,8-9,17-18,24H,6-7,10-15H2,1-2H3. The van der Waals surface area contributed by atoms with E-state index in [2.05, 4.69) is 19.0 Å². The molecule has 1 unspecified atom stereocenters. The average molecular weight is 330 g/mol. The molecule has 1 amide bonds. The molecule has 0 bridgehead atoms. The highest BCUT2D eigenvalue weighted by molar-refractivity contribution is 5.87.